The van der Waals surface area contributed by atoms with Crippen molar-refractivity contribution in [3.05, 3.63) is 70.4 Å². The highest BCUT2D eigenvalue weighted by molar-refractivity contribution is 6.31. The molecule has 3 aromatic rings. The Kier molecular flexibility index (Phi) is 4.25. The SMILES string of the molecule is NCc1oc2ccccc2c1COCc1ccccc1Cl. The fourth-order valence-corrected chi connectivity index (χ4v) is 2.54. The molecule has 0 fully saturated rings. The van der Waals surface area contributed by atoms with E-state index in [2.05, 4.69) is 0 Å². The van der Waals surface area contributed by atoms with Crippen LogP contribution in [0.15, 0.2) is 52.9 Å². The number of halogens is 1. The van der Waals surface area contributed by atoms with Gasteiger partial charge in [-0.25, -0.2) is 0 Å². The number of ether oxygens (including phenoxy) is 1. The highest BCUT2D eigenvalue weighted by Crippen LogP contribution is 2.27. The second-order valence-electron chi connectivity index (χ2n) is 4.79. The van der Waals surface area contributed by atoms with Crippen molar-refractivity contribution in [2.45, 2.75) is 19.8 Å². The van der Waals surface area contributed by atoms with Gasteiger partial charge >= 0.3 is 0 Å². The van der Waals surface area contributed by atoms with E-state index in [0.717, 1.165) is 27.9 Å². The number of fused-ring (bicyclic) bond motifs is 1. The number of hydrogen-bond acceptors (Lipinski definition) is 3. The zero-order valence-electron chi connectivity index (χ0n) is 11.5. The van der Waals surface area contributed by atoms with Gasteiger partial charge in [0.05, 0.1) is 19.8 Å². The second kappa shape index (κ2) is 6.31. The Bertz CT molecular complexity index is 751. The van der Waals surface area contributed by atoms with E-state index in [1.165, 1.54) is 0 Å². The fraction of sp³-hybridized carbons (Fsp3) is 0.176. The number of hydrogen-bond donors (Lipinski definition) is 1. The summed E-state index contributed by atoms with van der Waals surface area (Å²) in [5, 5.41) is 1.77. The molecule has 0 saturated heterocycles. The minimum atomic E-state index is 0.361. The van der Waals surface area contributed by atoms with Crippen LogP contribution in [-0.4, -0.2) is 0 Å². The topological polar surface area (TPSA) is 48.4 Å². The molecule has 0 saturated carbocycles. The van der Waals surface area contributed by atoms with Crippen LogP contribution >= 0.6 is 11.6 Å². The first-order valence-corrected chi connectivity index (χ1v) is 7.18. The van der Waals surface area contributed by atoms with E-state index in [0.29, 0.717) is 24.8 Å². The number of rotatable bonds is 5. The molecule has 4 heteroatoms. The maximum atomic E-state index is 6.12. The third-order valence-electron chi connectivity index (χ3n) is 3.43. The number of benzene rings is 2. The van der Waals surface area contributed by atoms with E-state index in [-0.39, 0.29) is 0 Å². The van der Waals surface area contributed by atoms with Crippen molar-refractivity contribution in [3.8, 4) is 0 Å². The molecule has 0 bridgehead atoms. The van der Waals surface area contributed by atoms with E-state index in [1.54, 1.807) is 0 Å². The summed E-state index contributed by atoms with van der Waals surface area (Å²) >= 11 is 6.12. The van der Waals surface area contributed by atoms with Crippen molar-refractivity contribution in [3.63, 3.8) is 0 Å². The first-order chi connectivity index (χ1) is 10.3. The lowest BCUT2D eigenvalue weighted by Gasteiger charge is -2.06. The fourth-order valence-electron chi connectivity index (χ4n) is 2.35. The van der Waals surface area contributed by atoms with Gasteiger partial charge in [0, 0.05) is 16.0 Å². The molecular formula is C17H16ClNO2. The first-order valence-electron chi connectivity index (χ1n) is 6.80. The summed E-state index contributed by atoms with van der Waals surface area (Å²) in [7, 11) is 0. The lowest BCUT2D eigenvalue weighted by Crippen LogP contribution is -2.01. The predicted molar refractivity (Wildman–Crippen MR) is 84.1 cm³/mol. The zero-order valence-corrected chi connectivity index (χ0v) is 12.3. The molecule has 0 unspecified atom stereocenters. The highest BCUT2D eigenvalue weighted by atomic mass is 35.5. The number of furan rings is 1. The monoisotopic (exact) mass is 301 g/mol. The van der Waals surface area contributed by atoms with E-state index in [4.69, 9.17) is 26.5 Å². The number of nitrogens with two attached hydrogens (primary N) is 1. The predicted octanol–water partition coefficient (Wildman–Crippen LogP) is 4.26. The van der Waals surface area contributed by atoms with Crippen LogP contribution in [0.3, 0.4) is 0 Å². The normalized spacial score (nSPS) is 11.1. The largest absolute Gasteiger partial charge is 0.459 e. The quantitative estimate of drug-likeness (QED) is 0.766. The Labute approximate surface area is 128 Å². The Morgan fingerprint density at radius 1 is 1.00 bits per heavy atom. The van der Waals surface area contributed by atoms with Gasteiger partial charge in [0.2, 0.25) is 0 Å². The lowest BCUT2D eigenvalue weighted by molar-refractivity contribution is 0.106. The molecule has 0 atom stereocenters. The molecule has 3 nitrogen and oxygen atoms in total. The van der Waals surface area contributed by atoms with Crippen LogP contribution < -0.4 is 5.73 Å². The highest BCUT2D eigenvalue weighted by Gasteiger charge is 2.12. The van der Waals surface area contributed by atoms with Crippen molar-refractivity contribution >= 4 is 22.6 Å². The first kappa shape index (κ1) is 14.1. The van der Waals surface area contributed by atoms with Gasteiger partial charge in [-0.05, 0) is 17.7 Å². The third-order valence-corrected chi connectivity index (χ3v) is 3.80. The zero-order chi connectivity index (χ0) is 14.7. The maximum absolute atomic E-state index is 6.12. The Morgan fingerprint density at radius 3 is 2.57 bits per heavy atom. The van der Waals surface area contributed by atoms with Crippen LogP contribution in [-0.2, 0) is 24.5 Å². The average molecular weight is 302 g/mol. The van der Waals surface area contributed by atoms with Crippen LogP contribution in [0.25, 0.3) is 11.0 Å². The molecular weight excluding hydrogens is 286 g/mol. The standard InChI is InChI=1S/C17H16ClNO2/c18-15-7-3-1-5-12(15)10-20-11-14-13-6-2-4-8-16(13)21-17(14)9-19/h1-8H,9-11,19H2. The van der Waals surface area contributed by atoms with Gasteiger partial charge in [-0.1, -0.05) is 48.0 Å². The molecule has 2 N–H and O–H groups in total. The molecule has 21 heavy (non-hydrogen) atoms. The summed E-state index contributed by atoms with van der Waals surface area (Å²) in [6.45, 7) is 1.28. The van der Waals surface area contributed by atoms with Gasteiger partial charge in [0.25, 0.3) is 0 Å². The van der Waals surface area contributed by atoms with Crippen molar-refractivity contribution in [2.24, 2.45) is 5.73 Å². The molecule has 0 amide bonds. The van der Waals surface area contributed by atoms with Gasteiger partial charge in [-0.15, -0.1) is 0 Å². The smallest absolute Gasteiger partial charge is 0.134 e. The molecule has 108 valence electrons. The van der Waals surface area contributed by atoms with Gasteiger partial charge in [0.15, 0.2) is 0 Å². The van der Waals surface area contributed by atoms with Gasteiger partial charge in [-0.3, -0.25) is 0 Å². The van der Waals surface area contributed by atoms with E-state index < -0.39 is 0 Å². The van der Waals surface area contributed by atoms with Crippen molar-refractivity contribution in [1.82, 2.24) is 0 Å². The summed E-state index contributed by atoms with van der Waals surface area (Å²) in [5.41, 5.74) is 8.58. The minimum absolute atomic E-state index is 0.361. The van der Waals surface area contributed by atoms with Crippen LogP contribution in [0.4, 0.5) is 0 Å². The van der Waals surface area contributed by atoms with E-state index >= 15 is 0 Å². The average Bonchev–Trinajstić information content (AvgIpc) is 2.87. The van der Waals surface area contributed by atoms with Crippen molar-refractivity contribution < 1.29 is 9.15 Å². The number of para-hydroxylation sites is 1. The molecule has 1 heterocycles. The molecule has 2 aromatic carbocycles. The summed E-state index contributed by atoms with van der Waals surface area (Å²) in [5.74, 6) is 0.773. The molecule has 3 rings (SSSR count). The Hall–Kier alpha value is -1.81. The Balaban J connectivity index is 1.77. The third kappa shape index (κ3) is 2.95. The molecule has 0 aliphatic carbocycles. The summed E-state index contributed by atoms with van der Waals surface area (Å²) in [4.78, 5) is 0. The van der Waals surface area contributed by atoms with Gasteiger partial charge < -0.3 is 14.9 Å². The molecule has 0 aliphatic heterocycles. The molecule has 0 radical (unpaired) electrons. The van der Waals surface area contributed by atoms with Crippen LogP contribution in [0, 0.1) is 0 Å². The summed E-state index contributed by atoms with van der Waals surface area (Å²) in [6, 6.07) is 15.6. The second-order valence-corrected chi connectivity index (χ2v) is 5.20. The lowest BCUT2D eigenvalue weighted by atomic mass is 10.1. The summed E-state index contributed by atoms with van der Waals surface area (Å²) in [6.07, 6.45) is 0. The van der Waals surface area contributed by atoms with Gasteiger partial charge in [0.1, 0.15) is 11.3 Å². The van der Waals surface area contributed by atoms with Crippen molar-refractivity contribution in [2.75, 3.05) is 0 Å². The summed E-state index contributed by atoms with van der Waals surface area (Å²) < 4.78 is 11.5. The Morgan fingerprint density at radius 2 is 1.76 bits per heavy atom. The molecule has 0 aliphatic rings. The van der Waals surface area contributed by atoms with E-state index in [9.17, 15) is 0 Å². The minimum Gasteiger partial charge on any atom is -0.459 e. The maximum Gasteiger partial charge on any atom is 0.134 e. The van der Waals surface area contributed by atoms with Crippen LogP contribution in [0.1, 0.15) is 16.9 Å². The molecule has 0 spiro atoms. The van der Waals surface area contributed by atoms with Crippen molar-refractivity contribution in [1.29, 1.82) is 0 Å². The van der Waals surface area contributed by atoms with Crippen LogP contribution in [0.2, 0.25) is 5.02 Å². The van der Waals surface area contributed by atoms with E-state index in [1.807, 2.05) is 48.5 Å². The van der Waals surface area contributed by atoms with Gasteiger partial charge in [-0.2, -0.15) is 0 Å². The molecule has 1 aromatic heterocycles. The van der Waals surface area contributed by atoms with Crippen LogP contribution in [0.5, 0.6) is 0 Å².